The average Bonchev–Trinajstić information content (AvgIpc) is 2.87. The van der Waals surface area contributed by atoms with Crippen LogP contribution in [-0.2, 0) is 16.1 Å². The molecule has 0 saturated carbocycles. The molecule has 0 radical (unpaired) electrons. The summed E-state index contributed by atoms with van der Waals surface area (Å²) in [5, 5.41) is 7.47. The number of hydrogen-bond donors (Lipinski definition) is 2. The first-order chi connectivity index (χ1) is 18.1. The van der Waals surface area contributed by atoms with Crippen LogP contribution < -0.4 is 10.5 Å². The summed E-state index contributed by atoms with van der Waals surface area (Å²) in [4.78, 5) is 15.1. The fraction of sp³-hybridized carbons (Fsp3) is 0.286. The normalized spacial score (nSPS) is 11.9. The summed E-state index contributed by atoms with van der Waals surface area (Å²) >= 11 is 6.24. The Morgan fingerprint density at radius 2 is 1.71 bits per heavy atom. The first-order valence-electron chi connectivity index (χ1n) is 12.0. The summed E-state index contributed by atoms with van der Waals surface area (Å²) in [6.45, 7) is 2.66. The maximum atomic E-state index is 15.4. The molecule has 3 rings (SSSR count). The molecule has 0 bridgehead atoms. The molecule has 202 valence electrons. The highest BCUT2D eigenvalue weighted by molar-refractivity contribution is 6.21. The van der Waals surface area contributed by atoms with Crippen LogP contribution in [0.25, 0.3) is 11.1 Å². The molecule has 0 aliphatic carbocycles. The smallest absolute Gasteiger partial charge is 0.271 e. The van der Waals surface area contributed by atoms with E-state index in [9.17, 15) is 4.79 Å². The Labute approximate surface area is 226 Å². The van der Waals surface area contributed by atoms with Gasteiger partial charge in [0.2, 0.25) is 0 Å². The van der Waals surface area contributed by atoms with Crippen LogP contribution in [0.15, 0.2) is 60.7 Å². The van der Waals surface area contributed by atoms with E-state index < -0.39 is 29.2 Å². The van der Waals surface area contributed by atoms with Crippen molar-refractivity contribution < 1.29 is 23.0 Å². The summed E-state index contributed by atoms with van der Waals surface area (Å²) < 4.78 is 43.0. The monoisotopic (exact) mass is 544 g/mol. The number of nitrogen functional groups attached to an aromatic ring is 1. The van der Waals surface area contributed by atoms with E-state index in [0.717, 1.165) is 16.6 Å². The van der Waals surface area contributed by atoms with E-state index in [1.165, 1.54) is 0 Å². The number of halogens is 3. The topological polar surface area (TPSA) is 91.9 Å². The van der Waals surface area contributed by atoms with Crippen molar-refractivity contribution in [1.82, 2.24) is 9.32 Å². The number of nitrogens with zero attached hydrogens (tertiary/aromatic N) is 2. The van der Waals surface area contributed by atoms with Crippen LogP contribution in [0, 0.1) is 17.0 Å². The fourth-order valence-corrected chi connectivity index (χ4v) is 3.99. The lowest BCUT2D eigenvalue weighted by molar-refractivity contribution is -0.139. The minimum Gasteiger partial charge on any atom is -0.492 e. The van der Waals surface area contributed by atoms with E-state index in [-0.39, 0.29) is 24.6 Å². The van der Waals surface area contributed by atoms with Gasteiger partial charge in [-0.1, -0.05) is 42.5 Å². The van der Waals surface area contributed by atoms with Gasteiger partial charge in [-0.25, -0.2) is 13.2 Å². The van der Waals surface area contributed by atoms with Gasteiger partial charge in [-0.15, -0.1) is 0 Å². The van der Waals surface area contributed by atoms with E-state index in [0.29, 0.717) is 35.6 Å². The molecule has 0 spiro atoms. The molecular weight excluding hydrogens is 514 g/mol. The summed E-state index contributed by atoms with van der Waals surface area (Å²) in [6, 6.07) is 15.8. The summed E-state index contributed by atoms with van der Waals surface area (Å²) in [5.41, 5.74) is 6.87. The lowest BCUT2D eigenvalue weighted by atomic mass is 9.99. The average molecular weight is 545 g/mol. The zero-order valence-electron chi connectivity index (χ0n) is 21.5. The number of amidine groups is 1. The van der Waals surface area contributed by atoms with Crippen LogP contribution in [0.5, 0.6) is 5.75 Å². The van der Waals surface area contributed by atoms with E-state index in [1.807, 2.05) is 19.0 Å². The second-order valence-electron chi connectivity index (χ2n) is 8.81. The highest BCUT2D eigenvalue weighted by Gasteiger charge is 2.32. The van der Waals surface area contributed by atoms with Gasteiger partial charge in [-0.3, -0.25) is 10.2 Å². The van der Waals surface area contributed by atoms with Crippen molar-refractivity contribution in [2.75, 3.05) is 33.9 Å². The molecule has 1 unspecified atom stereocenters. The second kappa shape index (κ2) is 13.3. The maximum Gasteiger partial charge on any atom is 0.271 e. The molecule has 0 aliphatic heterocycles. The fourth-order valence-electron chi connectivity index (χ4n) is 3.76. The lowest BCUT2D eigenvalue weighted by Gasteiger charge is -2.23. The third-order valence-electron chi connectivity index (χ3n) is 5.72. The van der Waals surface area contributed by atoms with Gasteiger partial charge < -0.3 is 20.1 Å². The van der Waals surface area contributed by atoms with Crippen molar-refractivity contribution in [3.8, 4) is 16.9 Å². The van der Waals surface area contributed by atoms with Gasteiger partial charge in [0.15, 0.2) is 6.10 Å². The van der Waals surface area contributed by atoms with Crippen LogP contribution in [0.4, 0.5) is 8.78 Å². The third-order valence-corrected chi connectivity index (χ3v) is 6.00. The van der Waals surface area contributed by atoms with Crippen LogP contribution >= 0.6 is 11.8 Å². The van der Waals surface area contributed by atoms with Crippen molar-refractivity contribution in [2.45, 2.75) is 19.6 Å². The molecule has 0 aromatic heterocycles. The van der Waals surface area contributed by atoms with Crippen molar-refractivity contribution in [3.63, 3.8) is 0 Å². The Morgan fingerprint density at radius 3 is 2.29 bits per heavy atom. The predicted octanol–water partition coefficient (Wildman–Crippen LogP) is 5.12. The highest BCUT2D eigenvalue weighted by atomic mass is 35.5. The van der Waals surface area contributed by atoms with E-state index in [4.69, 9.17) is 32.4 Å². The van der Waals surface area contributed by atoms with Crippen LogP contribution in [0.3, 0.4) is 0 Å². The first-order valence-corrected chi connectivity index (χ1v) is 12.3. The van der Waals surface area contributed by atoms with Gasteiger partial charge in [0.05, 0.1) is 12.1 Å². The second-order valence-corrected chi connectivity index (χ2v) is 9.21. The molecule has 38 heavy (non-hydrogen) atoms. The number of likely N-dealkylation sites (N-methyl/N-ethyl adjacent to an activating group) is 1. The SMILES string of the molecule is CCOC(C(=O)N(Cl)Cc1ccc(C(=N)N)cc1)c1c(F)cc(-c2ccccc2OCCN(C)C)cc1F. The van der Waals surface area contributed by atoms with Gasteiger partial charge in [0.1, 0.15) is 29.8 Å². The van der Waals surface area contributed by atoms with Crippen LogP contribution in [-0.4, -0.2) is 54.9 Å². The summed E-state index contributed by atoms with van der Waals surface area (Å²) in [6.07, 6.45) is -1.59. The summed E-state index contributed by atoms with van der Waals surface area (Å²) in [7, 11) is 3.84. The number of carbonyl (C=O) groups is 1. The van der Waals surface area contributed by atoms with Gasteiger partial charge in [-0.05, 0) is 50.3 Å². The standard InChI is InChI=1S/C28H31ClF2N4O3/c1-4-37-26(28(36)35(29)17-18-9-11-19(12-10-18)27(32)33)25-22(30)15-20(16-23(25)31)21-7-5-6-8-24(21)38-14-13-34(2)3/h5-12,15-16,26H,4,13-14,17H2,1-3H3,(H3,32,33). The molecular formula is C28H31ClF2N4O3. The first kappa shape index (κ1) is 29.0. The molecule has 3 aromatic rings. The molecule has 1 atom stereocenters. The lowest BCUT2D eigenvalue weighted by Crippen LogP contribution is -2.30. The Bertz CT molecular complexity index is 1250. The van der Waals surface area contributed by atoms with Gasteiger partial charge in [0.25, 0.3) is 5.91 Å². The van der Waals surface area contributed by atoms with Crippen LogP contribution in [0.2, 0.25) is 0 Å². The molecule has 0 aliphatic rings. The number of amides is 1. The predicted molar refractivity (Wildman–Crippen MR) is 144 cm³/mol. The van der Waals surface area contributed by atoms with E-state index in [2.05, 4.69) is 0 Å². The minimum atomic E-state index is -1.59. The van der Waals surface area contributed by atoms with Crippen molar-refractivity contribution in [2.24, 2.45) is 5.73 Å². The molecule has 0 fully saturated rings. The number of nitrogens with two attached hydrogens (primary N) is 1. The molecule has 3 aromatic carbocycles. The van der Waals surface area contributed by atoms with Gasteiger partial charge in [0, 0.05) is 36.1 Å². The molecule has 1 amide bonds. The number of hydrogen-bond acceptors (Lipinski definition) is 5. The molecule has 0 saturated heterocycles. The zero-order chi connectivity index (χ0) is 27.8. The Hall–Kier alpha value is -3.53. The van der Waals surface area contributed by atoms with E-state index in [1.54, 1.807) is 55.5 Å². The molecule has 3 N–H and O–H groups in total. The Balaban J connectivity index is 1.87. The number of ether oxygens (including phenoxy) is 2. The Morgan fingerprint density at radius 1 is 1.08 bits per heavy atom. The van der Waals surface area contributed by atoms with Crippen molar-refractivity contribution in [3.05, 3.63) is 89.0 Å². The number of carbonyl (C=O) groups excluding carboxylic acids is 1. The largest absolute Gasteiger partial charge is 0.492 e. The van der Waals surface area contributed by atoms with E-state index >= 15 is 8.78 Å². The van der Waals surface area contributed by atoms with Gasteiger partial charge in [-0.2, -0.15) is 0 Å². The number of rotatable bonds is 12. The Kier molecular flexibility index (Phi) is 10.2. The van der Waals surface area contributed by atoms with Crippen molar-refractivity contribution >= 4 is 23.5 Å². The number of nitrogens with one attached hydrogen (secondary N) is 1. The quantitative estimate of drug-likeness (QED) is 0.188. The highest BCUT2D eigenvalue weighted by Crippen LogP contribution is 2.35. The molecule has 7 nitrogen and oxygen atoms in total. The van der Waals surface area contributed by atoms with Gasteiger partial charge >= 0.3 is 0 Å². The zero-order valence-corrected chi connectivity index (χ0v) is 22.3. The minimum absolute atomic E-state index is 0.0254. The molecule has 0 heterocycles. The third kappa shape index (κ3) is 7.28. The van der Waals surface area contributed by atoms with Crippen molar-refractivity contribution in [1.29, 1.82) is 5.41 Å². The summed E-state index contributed by atoms with van der Waals surface area (Å²) in [5.74, 6) is -2.30. The molecule has 10 heteroatoms. The number of benzene rings is 3. The number of para-hydroxylation sites is 1. The van der Waals surface area contributed by atoms with Crippen LogP contribution in [0.1, 0.15) is 29.7 Å². The maximum absolute atomic E-state index is 15.4.